The van der Waals surface area contributed by atoms with Gasteiger partial charge in [-0.1, -0.05) is 52.0 Å². The normalized spacial score (nSPS) is 34.1. The van der Waals surface area contributed by atoms with E-state index in [1.165, 1.54) is 24.8 Å². The van der Waals surface area contributed by atoms with E-state index >= 15 is 0 Å². The van der Waals surface area contributed by atoms with E-state index < -0.39 is 8.32 Å². The van der Waals surface area contributed by atoms with Gasteiger partial charge in [0, 0.05) is 5.92 Å². The lowest BCUT2D eigenvalue weighted by Crippen LogP contribution is -2.40. The lowest BCUT2D eigenvalue weighted by Gasteiger charge is -2.37. The second-order valence-corrected chi connectivity index (χ2v) is 14.0. The second-order valence-electron chi connectivity index (χ2n) is 9.26. The van der Waals surface area contributed by atoms with Crippen molar-refractivity contribution in [3.8, 4) is 0 Å². The van der Waals surface area contributed by atoms with Crippen LogP contribution in [0.4, 0.5) is 0 Å². The largest absolute Gasteiger partial charge is 0.544 e. The summed E-state index contributed by atoms with van der Waals surface area (Å²) in [5.41, 5.74) is 3.63. The summed E-state index contributed by atoms with van der Waals surface area (Å²) >= 11 is 0. The van der Waals surface area contributed by atoms with Crippen LogP contribution in [0.1, 0.15) is 53.4 Å². The molecule has 1 nitrogen and oxygen atoms in total. The average Bonchev–Trinajstić information content (AvgIpc) is 3.04. The number of hydrogen-bond donors (Lipinski definition) is 0. The molecule has 0 bridgehead atoms. The Bertz CT molecular complexity index is 561. The summed E-state index contributed by atoms with van der Waals surface area (Å²) in [6, 6.07) is 0. The highest BCUT2D eigenvalue weighted by Gasteiger charge is 2.64. The highest BCUT2D eigenvalue weighted by Crippen LogP contribution is 2.71. The Kier molecular flexibility index (Phi) is 3.56. The molecule has 0 spiro atoms. The molecule has 3 aliphatic carbocycles. The van der Waals surface area contributed by atoms with E-state index in [0.717, 1.165) is 18.1 Å². The zero-order chi connectivity index (χ0) is 16.3. The second kappa shape index (κ2) is 4.86. The summed E-state index contributed by atoms with van der Waals surface area (Å²) in [7, 11) is -1.79. The summed E-state index contributed by atoms with van der Waals surface area (Å²) in [6.07, 6.45) is 9.95. The molecule has 2 heteroatoms. The molecular formula is C20H32OSi. The van der Waals surface area contributed by atoms with Crippen molar-refractivity contribution in [3.63, 3.8) is 0 Å². The Morgan fingerprint density at radius 2 is 1.91 bits per heavy atom. The average molecular weight is 317 g/mol. The monoisotopic (exact) mass is 316 g/mol. The minimum atomic E-state index is -1.79. The standard InChI is InChI=1S/C20H32OSi/c1-14(21-22(6,7)19(2,3)4)16-12-8-10-15-11-9-13-20(5)17(15)18(16)20/h11-12,17-18H,1,8-10,13H2,2-7H3/t17-,18+,20-/m1/s1. The minimum absolute atomic E-state index is 0.229. The van der Waals surface area contributed by atoms with Crippen LogP contribution in [0, 0.1) is 17.3 Å². The van der Waals surface area contributed by atoms with E-state index in [0.29, 0.717) is 11.3 Å². The Morgan fingerprint density at radius 1 is 1.23 bits per heavy atom. The summed E-state index contributed by atoms with van der Waals surface area (Å²) in [5, 5.41) is 0.229. The molecule has 0 radical (unpaired) electrons. The predicted molar refractivity (Wildman–Crippen MR) is 97.1 cm³/mol. The van der Waals surface area contributed by atoms with Crippen LogP contribution in [0.15, 0.2) is 35.6 Å². The minimum Gasteiger partial charge on any atom is -0.544 e. The molecule has 0 aliphatic heterocycles. The van der Waals surface area contributed by atoms with Gasteiger partial charge in [0.05, 0.1) is 5.76 Å². The van der Waals surface area contributed by atoms with Gasteiger partial charge in [-0.05, 0) is 60.7 Å². The van der Waals surface area contributed by atoms with E-state index in [1.807, 2.05) is 0 Å². The van der Waals surface area contributed by atoms with E-state index in [9.17, 15) is 0 Å². The highest BCUT2D eigenvalue weighted by atomic mass is 28.4. The molecule has 0 aromatic carbocycles. The Hall–Kier alpha value is -0.763. The van der Waals surface area contributed by atoms with Gasteiger partial charge >= 0.3 is 0 Å². The van der Waals surface area contributed by atoms with Crippen molar-refractivity contribution in [1.82, 2.24) is 0 Å². The number of allylic oxidation sites excluding steroid dienone is 4. The SMILES string of the molecule is C=C(O[Si](C)(C)C(C)(C)C)C1=CCCC2=CCC[C@]3(C)[C@H]2[C@H]13. The molecule has 1 fully saturated rings. The van der Waals surface area contributed by atoms with E-state index in [1.54, 1.807) is 5.57 Å². The molecule has 0 unspecified atom stereocenters. The molecule has 0 aromatic rings. The van der Waals surface area contributed by atoms with Crippen LogP contribution in [-0.2, 0) is 4.43 Å². The van der Waals surface area contributed by atoms with Crippen molar-refractivity contribution in [2.75, 3.05) is 0 Å². The van der Waals surface area contributed by atoms with Crippen LogP contribution < -0.4 is 0 Å². The Balaban J connectivity index is 1.82. The van der Waals surface area contributed by atoms with E-state index in [-0.39, 0.29) is 5.04 Å². The van der Waals surface area contributed by atoms with Gasteiger partial charge in [-0.15, -0.1) is 0 Å². The first-order valence-electron chi connectivity index (χ1n) is 8.85. The van der Waals surface area contributed by atoms with E-state index in [4.69, 9.17) is 4.43 Å². The molecular weight excluding hydrogens is 284 g/mol. The summed E-state index contributed by atoms with van der Waals surface area (Å²) in [6.45, 7) is 18.4. The van der Waals surface area contributed by atoms with Crippen LogP contribution in [0.25, 0.3) is 0 Å². The zero-order valence-corrected chi connectivity index (χ0v) is 16.3. The number of hydrogen-bond acceptors (Lipinski definition) is 1. The first-order chi connectivity index (χ1) is 10.1. The highest BCUT2D eigenvalue weighted by molar-refractivity contribution is 6.74. The number of rotatable bonds is 3. The molecule has 0 heterocycles. The van der Waals surface area contributed by atoms with E-state index in [2.05, 4.69) is 59.5 Å². The van der Waals surface area contributed by atoms with Crippen molar-refractivity contribution in [2.45, 2.75) is 71.5 Å². The van der Waals surface area contributed by atoms with Crippen molar-refractivity contribution in [1.29, 1.82) is 0 Å². The zero-order valence-electron chi connectivity index (χ0n) is 15.3. The summed E-state index contributed by atoms with van der Waals surface area (Å²) in [4.78, 5) is 0. The fourth-order valence-corrected chi connectivity index (χ4v) is 5.37. The Morgan fingerprint density at radius 3 is 2.55 bits per heavy atom. The van der Waals surface area contributed by atoms with Crippen LogP contribution in [0.5, 0.6) is 0 Å². The van der Waals surface area contributed by atoms with Crippen molar-refractivity contribution < 1.29 is 4.43 Å². The summed E-state index contributed by atoms with van der Waals surface area (Å²) < 4.78 is 6.54. The maximum atomic E-state index is 6.54. The molecule has 3 rings (SSSR count). The molecule has 1 saturated carbocycles. The maximum Gasteiger partial charge on any atom is 0.250 e. The first-order valence-corrected chi connectivity index (χ1v) is 11.8. The van der Waals surface area contributed by atoms with Crippen LogP contribution in [0.3, 0.4) is 0 Å². The molecule has 0 N–H and O–H groups in total. The molecule has 122 valence electrons. The molecule has 0 amide bonds. The molecule has 0 aromatic heterocycles. The smallest absolute Gasteiger partial charge is 0.250 e. The van der Waals surface area contributed by atoms with Crippen molar-refractivity contribution in [3.05, 3.63) is 35.6 Å². The van der Waals surface area contributed by atoms with Crippen molar-refractivity contribution >= 4 is 8.32 Å². The molecule has 3 aliphatic rings. The van der Waals surface area contributed by atoms with Gasteiger partial charge in [-0.3, -0.25) is 0 Å². The van der Waals surface area contributed by atoms with Gasteiger partial charge in [0.2, 0.25) is 8.32 Å². The number of fused-ring (bicyclic) bond motifs is 1. The Labute approximate surface area is 137 Å². The third-order valence-electron chi connectivity index (χ3n) is 6.77. The van der Waals surface area contributed by atoms with Crippen molar-refractivity contribution in [2.24, 2.45) is 17.3 Å². The van der Waals surface area contributed by atoms with Crippen LogP contribution in [-0.4, -0.2) is 8.32 Å². The van der Waals surface area contributed by atoms with Gasteiger partial charge in [0.1, 0.15) is 0 Å². The predicted octanol–water partition coefficient (Wildman–Crippen LogP) is 6.21. The third kappa shape index (κ3) is 2.34. The van der Waals surface area contributed by atoms with Gasteiger partial charge in [0.15, 0.2) is 0 Å². The van der Waals surface area contributed by atoms with Crippen LogP contribution >= 0.6 is 0 Å². The molecule has 3 atom stereocenters. The van der Waals surface area contributed by atoms with Gasteiger partial charge < -0.3 is 4.43 Å². The quantitative estimate of drug-likeness (QED) is 0.341. The molecule has 0 saturated heterocycles. The maximum absolute atomic E-state index is 6.54. The molecule has 22 heavy (non-hydrogen) atoms. The fourth-order valence-electron chi connectivity index (χ4n) is 4.33. The van der Waals surface area contributed by atoms with Gasteiger partial charge in [-0.2, -0.15) is 0 Å². The van der Waals surface area contributed by atoms with Crippen LogP contribution in [0.2, 0.25) is 18.1 Å². The topological polar surface area (TPSA) is 9.23 Å². The summed E-state index contributed by atoms with van der Waals surface area (Å²) in [5.74, 6) is 2.42. The fraction of sp³-hybridized carbons (Fsp3) is 0.700. The van der Waals surface area contributed by atoms with Gasteiger partial charge in [0.25, 0.3) is 0 Å². The lowest BCUT2D eigenvalue weighted by molar-refractivity contribution is 0.381. The third-order valence-corrected chi connectivity index (χ3v) is 11.1. The first kappa shape index (κ1) is 16.1. The van der Waals surface area contributed by atoms with Gasteiger partial charge in [-0.25, -0.2) is 0 Å². The lowest BCUT2D eigenvalue weighted by atomic mass is 9.86.